The molecule has 3 rings (SSSR count). The number of carbonyl (C=O) groups excluding carboxylic acids is 1. The van der Waals surface area contributed by atoms with Crippen LogP contribution in [0.4, 0.5) is 32.0 Å². The van der Waals surface area contributed by atoms with Crippen molar-refractivity contribution in [2.24, 2.45) is 5.73 Å². The third kappa shape index (κ3) is 7.92. The van der Waals surface area contributed by atoms with Gasteiger partial charge in [-0.2, -0.15) is 26.3 Å². The zero-order valence-corrected chi connectivity index (χ0v) is 16.0. The molecule has 1 atom stereocenters. The fraction of sp³-hybridized carbons (Fsp3) is 0.333. The van der Waals surface area contributed by atoms with Crippen molar-refractivity contribution < 1.29 is 50.9 Å². The number of hydrogen-bond acceptors (Lipinski definition) is 5. The van der Waals surface area contributed by atoms with Crippen LogP contribution in [0.2, 0.25) is 0 Å². The van der Waals surface area contributed by atoms with Crippen molar-refractivity contribution in [3.63, 3.8) is 0 Å². The van der Waals surface area contributed by atoms with Gasteiger partial charge in [0, 0.05) is 23.8 Å². The molecular weight excluding hydrogens is 452 g/mol. The molecule has 0 spiro atoms. The monoisotopic (exact) mass is 469 g/mol. The minimum atomic E-state index is -5.08. The van der Waals surface area contributed by atoms with Crippen LogP contribution < -0.4 is 10.6 Å². The van der Waals surface area contributed by atoms with Crippen molar-refractivity contribution in [3.05, 3.63) is 36.5 Å². The molecule has 1 aliphatic rings. The van der Waals surface area contributed by atoms with E-state index in [2.05, 4.69) is 16.0 Å². The Morgan fingerprint density at radius 1 is 1.00 bits per heavy atom. The number of aromatic nitrogens is 1. The first-order valence-electron chi connectivity index (χ1n) is 8.65. The Hall–Kier alpha value is -3.58. The second-order valence-electron chi connectivity index (χ2n) is 6.24. The maximum Gasteiger partial charge on any atom is 0.490 e. The van der Waals surface area contributed by atoms with Crippen LogP contribution in [0.1, 0.15) is 12.8 Å². The number of alkyl halides is 6. The summed E-state index contributed by atoms with van der Waals surface area (Å²) in [5.74, 6) is -5.75. The Bertz CT molecular complexity index is 940. The van der Waals surface area contributed by atoms with E-state index in [4.69, 9.17) is 25.5 Å². The highest BCUT2D eigenvalue weighted by Crippen LogP contribution is 2.27. The Morgan fingerprint density at radius 3 is 2.00 bits per heavy atom. The van der Waals surface area contributed by atoms with Gasteiger partial charge >= 0.3 is 24.3 Å². The summed E-state index contributed by atoms with van der Waals surface area (Å²) in [6.07, 6.45) is -6.52. The molecule has 1 saturated heterocycles. The summed E-state index contributed by atoms with van der Waals surface area (Å²) >= 11 is 0. The number of nitrogens with two attached hydrogens (primary N) is 1. The molecule has 1 fully saturated rings. The molecular formula is C18H17F6N3O5. The predicted molar refractivity (Wildman–Crippen MR) is 98.7 cm³/mol. The molecule has 0 radical (unpaired) electrons. The lowest BCUT2D eigenvalue weighted by Crippen LogP contribution is -2.40. The van der Waals surface area contributed by atoms with Crippen molar-refractivity contribution in [2.75, 3.05) is 11.4 Å². The van der Waals surface area contributed by atoms with Crippen LogP contribution in [0, 0.1) is 0 Å². The minimum Gasteiger partial charge on any atom is -0.475 e. The number of carbonyl (C=O) groups is 3. The molecule has 4 N–H and O–H groups in total. The lowest BCUT2D eigenvalue weighted by atomic mass is 10.1. The molecule has 176 valence electrons. The van der Waals surface area contributed by atoms with Gasteiger partial charge < -0.3 is 20.8 Å². The van der Waals surface area contributed by atoms with Crippen LogP contribution in [0.15, 0.2) is 36.5 Å². The highest BCUT2D eigenvalue weighted by atomic mass is 19.4. The summed E-state index contributed by atoms with van der Waals surface area (Å²) in [4.78, 5) is 35.6. The summed E-state index contributed by atoms with van der Waals surface area (Å²) in [5.41, 5.74) is 7.47. The summed E-state index contributed by atoms with van der Waals surface area (Å²) in [6, 6.07) is 9.85. The van der Waals surface area contributed by atoms with E-state index in [0.717, 1.165) is 36.0 Å². The first-order valence-corrected chi connectivity index (χ1v) is 8.65. The van der Waals surface area contributed by atoms with Gasteiger partial charge in [0.15, 0.2) is 0 Å². The molecule has 2 heterocycles. The number of amides is 1. The molecule has 0 bridgehead atoms. The number of carboxylic acid groups (broad SMARTS) is 2. The maximum atomic E-state index is 11.4. The third-order valence-electron chi connectivity index (χ3n) is 3.98. The molecule has 0 saturated carbocycles. The zero-order chi connectivity index (χ0) is 24.7. The van der Waals surface area contributed by atoms with Gasteiger partial charge in [-0.25, -0.2) is 9.59 Å². The quantitative estimate of drug-likeness (QED) is 0.576. The van der Waals surface area contributed by atoms with Crippen molar-refractivity contribution >= 4 is 34.4 Å². The molecule has 14 heteroatoms. The van der Waals surface area contributed by atoms with E-state index in [1.165, 1.54) is 0 Å². The normalized spacial score (nSPS) is 15.8. The van der Waals surface area contributed by atoms with Crippen molar-refractivity contribution in [1.29, 1.82) is 0 Å². The number of fused-ring (bicyclic) bond motifs is 1. The number of carboxylic acids is 2. The van der Waals surface area contributed by atoms with E-state index >= 15 is 0 Å². The number of primary amides is 1. The SMILES string of the molecule is NC(=O)C1CCCN1c1ccc2ncccc2c1.O=C(O)C(F)(F)F.O=C(O)C(F)(F)F. The largest absolute Gasteiger partial charge is 0.490 e. The van der Waals surface area contributed by atoms with Crippen LogP contribution >= 0.6 is 0 Å². The van der Waals surface area contributed by atoms with Gasteiger partial charge in [-0.15, -0.1) is 0 Å². The number of halogens is 6. The average Bonchev–Trinajstić information content (AvgIpc) is 3.17. The molecule has 1 aromatic heterocycles. The van der Waals surface area contributed by atoms with Crippen LogP contribution in [-0.2, 0) is 14.4 Å². The van der Waals surface area contributed by atoms with Gasteiger partial charge in [0.05, 0.1) is 5.52 Å². The van der Waals surface area contributed by atoms with E-state index in [1.54, 1.807) is 6.20 Å². The van der Waals surface area contributed by atoms with E-state index in [-0.39, 0.29) is 11.9 Å². The van der Waals surface area contributed by atoms with E-state index < -0.39 is 24.3 Å². The van der Waals surface area contributed by atoms with Gasteiger partial charge in [0.1, 0.15) is 6.04 Å². The lowest BCUT2D eigenvalue weighted by Gasteiger charge is -2.24. The Labute approximate surface area is 176 Å². The fourth-order valence-corrected chi connectivity index (χ4v) is 2.61. The molecule has 8 nitrogen and oxygen atoms in total. The molecule has 1 aromatic carbocycles. The first-order chi connectivity index (χ1) is 14.6. The minimum absolute atomic E-state index is 0.167. The summed E-state index contributed by atoms with van der Waals surface area (Å²) in [6.45, 7) is 0.888. The topological polar surface area (TPSA) is 134 Å². The van der Waals surface area contributed by atoms with Gasteiger partial charge in [-0.1, -0.05) is 6.07 Å². The molecule has 0 aliphatic carbocycles. The smallest absolute Gasteiger partial charge is 0.475 e. The van der Waals surface area contributed by atoms with Gasteiger partial charge in [0.2, 0.25) is 5.91 Å². The molecule has 1 unspecified atom stereocenters. The number of aliphatic carboxylic acids is 2. The highest BCUT2D eigenvalue weighted by molar-refractivity contribution is 5.87. The van der Waals surface area contributed by atoms with Gasteiger partial charge in [-0.05, 0) is 37.1 Å². The number of benzene rings is 1. The fourth-order valence-electron chi connectivity index (χ4n) is 2.61. The predicted octanol–water partition coefficient (Wildman–Crippen LogP) is 2.96. The average molecular weight is 469 g/mol. The van der Waals surface area contributed by atoms with E-state index in [0.29, 0.717) is 0 Å². The third-order valence-corrected chi connectivity index (χ3v) is 3.98. The Kier molecular flexibility index (Phi) is 8.79. The van der Waals surface area contributed by atoms with Crippen LogP contribution in [0.5, 0.6) is 0 Å². The maximum absolute atomic E-state index is 11.4. The zero-order valence-electron chi connectivity index (χ0n) is 16.0. The van der Waals surface area contributed by atoms with E-state index in [9.17, 15) is 31.1 Å². The second-order valence-corrected chi connectivity index (χ2v) is 6.24. The molecule has 1 amide bonds. The van der Waals surface area contributed by atoms with Gasteiger partial charge in [0.25, 0.3) is 0 Å². The molecule has 2 aromatic rings. The van der Waals surface area contributed by atoms with Crippen molar-refractivity contribution in [2.45, 2.75) is 31.2 Å². The Morgan fingerprint density at radius 2 is 1.53 bits per heavy atom. The first kappa shape index (κ1) is 26.5. The van der Waals surface area contributed by atoms with Crippen LogP contribution in [-0.4, -0.2) is 58.0 Å². The second kappa shape index (κ2) is 10.6. The molecule has 32 heavy (non-hydrogen) atoms. The standard InChI is InChI=1S/C14H15N3O.2C2HF3O2/c15-14(18)13-4-2-8-17(13)11-5-6-12-10(9-11)3-1-7-16-12;2*3-2(4,5)1(6)7/h1,3,5-7,9,13H,2,4,8H2,(H2,15,18);2*(H,6,7). The molecule has 1 aliphatic heterocycles. The van der Waals surface area contributed by atoms with E-state index in [1.807, 2.05) is 24.3 Å². The number of nitrogens with zero attached hydrogens (tertiary/aromatic N) is 2. The van der Waals surface area contributed by atoms with Gasteiger partial charge in [-0.3, -0.25) is 9.78 Å². The summed E-state index contributed by atoms with van der Waals surface area (Å²) in [5, 5.41) is 15.3. The number of anilines is 1. The number of pyridine rings is 1. The van der Waals surface area contributed by atoms with Crippen molar-refractivity contribution in [1.82, 2.24) is 4.98 Å². The Balaban J connectivity index is 0.000000305. The number of hydrogen-bond donors (Lipinski definition) is 3. The lowest BCUT2D eigenvalue weighted by molar-refractivity contribution is -0.193. The summed E-state index contributed by atoms with van der Waals surface area (Å²) < 4.78 is 63.5. The highest BCUT2D eigenvalue weighted by Gasteiger charge is 2.38. The summed E-state index contributed by atoms with van der Waals surface area (Å²) in [7, 11) is 0. The number of rotatable bonds is 2. The van der Waals surface area contributed by atoms with Crippen LogP contribution in [0.25, 0.3) is 10.9 Å². The van der Waals surface area contributed by atoms with Crippen molar-refractivity contribution in [3.8, 4) is 0 Å². The van der Waals surface area contributed by atoms with Crippen LogP contribution in [0.3, 0.4) is 0 Å².